The molecular weight excluding hydrogens is 420 g/mol. The predicted molar refractivity (Wildman–Crippen MR) is 114 cm³/mol. The van der Waals surface area contributed by atoms with Gasteiger partial charge in [0, 0.05) is 23.5 Å². The van der Waals surface area contributed by atoms with Gasteiger partial charge in [-0.15, -0.1) is 0 Å². The van der Waals surface area contributed by atoms with E-state index >= 15 is 0 Å². The normalized spacial score (nSPS) is 15.8. The molecule has 9 heteroatoms. The Hall–Kier alpha value is -2.87. The van der Waals surface area contributed by atoms with Crippen LogP contribution in [0.5, 0.6) is 5.75 Å². The van der Waals surface area contributed by atoms with Gasteiger partial charge in [0.05, 0.1) is 36.5 Å². The van der Waals surface area contributed by atoms with Crippen molar-refractivity contribution in [2.75, 3.05) is 6.61 Å². The lowest BCUT2D eigenvalue weighted by Gasteiger charge is -2.20. The molecule has 0 saturated heterocycles. The predicted octanol–water partition coefficient (Wildman–Crippen LogP) is 2.89. The minimum Gasteiger partial charge on any atom is -0.490 e. The van der Waals surface area contributed by atoms with Crippen LogP contribution < -0.4 is 10.2 Å². The van der Waals surface area contributed by atoms with Crippen LogP contribution in [0.2, 0.25) is 5.02 Å². The summed E-state index contributed by atoms with van der Waals surface area (Å²) in [7, 11) is 0. The number of pyridine rings is 1. The van der Waals surface area contributed by atoms with Crippen LogP contribution in [-0.2, 0) is 30.6 Å². The first-order chi connectivity index (χ1) is 15.0. The number of aromatic nitrogens is 4. The molecule has 0 bridgehead atoms. The van der Waals surface area contributed by atoms with Crippen LogP contribution in [-0.4, -0.2) is 36.8 Å². The molecule has 0 aromatic carbocycles. The van der Waals surface area contributed by atoms with Crippen molar-refractivity contribution in [3.63, 3.8) is 0 Å². The topological polar surface area (TPSA) is 98.7 Å². The van der Waals surface area contributed by atoms with Crippen LogP contribution in [0.25, 0.3) is 5.65 Å². The van der Waals surface area contributed by atoms with E-state index in [1.54, 1.807) is 10.7 Å². The molecule has 8 nitrogen and oxygen atoms in total. The van der Waals surface area contributed by atoms with E-state index in [4.69, 9.17) is 16.3 Å². The molecule has 1 fully saturated rings. The molecule has 3 aromatic rings. The second kappa shape index (κ2) is 8.00. The van der Waals surface area contributed by atoms with Crippen molar-refractivity contribution in [2.24, 2.45) is 5.92 Å². The van der Waals surface area contributed by atoms with Crippen molar-refractivity contribution in [1.29, 1.82) is 0 Å². The Morgan fingerprint density at radius 2 is 2.06 bits per heavy atom. The summed E-state index contributed by atoms with van der Waals surface area (Å²) in [6, 6.07) is 1.78. The minimum absolute atomic E-state index is 0.0794. The summed E-state index contributed by atoms with van der Waals surface area (Å²) in [6.45, 7) is 1.03. The van der Waals surface area contributed by atoms with Crippen LogP contribution in [0.1, 0.15) is 48.3 Å². The van der Waals surface area contributed by atoms with E-state index in [1.165, 1.54) is 12.8 Å². The molecule has 162 valence electrons. The molecule has 0 aliphatic heterocycles. The van der Waals surface area contributed by atoms with E-state index in [-0.39, 0.29) is 17.5 Å². The van der Waals surface area contributed by atoms with Crippen molar-refractivity contribution in [1.82, 2.24) is 19.2 Å². The van der Waals surface area contributed by atoms with Crippen LogP contribution in [0.15, 0.2) is 23.3 Å². The zero-order valence-corrected chi connectivity index (χ0v) is 17.8. The maximum atomic E-state index is 12.7. The van der Waals surface area contributed by atoms with Gasteiger partial charge in [0.25, 0.3) is 0 Å². The zero-order chi connectivity index (χ0) is 21.5. The summed E-state index contributed by atoms with van der Waals surface area (Å²) in [5.74, 6) is 0.198. The van der Waals surface area contributed by atoms with E-state index in [2.05, 4.69) is 10.1 Å². The summed E-state index contributed by atoms with van der Waals surface area (Å²) in [6.07, 6.45) is 9.07. The molecule has 0 unspecified atom stereocenters. The molecule has 5 rings (SSSR count). The van der Waals surface area contributed by atoms with Gasteiger partial charge in [-0.25, -0.2) is 4.98 Å². The Balaban J connectivity index is 1.48. The number of imidazole rings is 1. The average Bonchev–Trinajstić information content (AvgIpc) is 3.49. The number of carbonyl (C=O) groups is 1. The van der Waals surface area contributed by atoms with Gasteiger partial charge in [0.15, 0.2) is 5.75 Å². The highest BCUT2D eigenvalue weighted by molar-refractivity contribution is 6.32. The lowest BCUT2D eigenvalue weighted by Crippen LogP contribution is -2.30. The third-order valence-corrected chi connectivity index (χ3v) is 6.18. The number of hydrogen-bond acceptors (Lipinski definition) is 5. The third-order valence-electron chi connectivity index (χ3n) is 5.89. The van der Waals surface area contributed by atoms with Crippen molar-refractivity contribution >= 4 is 23.2 Å². The summed E-state index contributed by atoms with van der Waals surface area (Å²) < 4.78 is 9.47. The number of ether oxygens (including phenoxy) is 1. The van der Waals surface area contributed by atoms with Gasteiger partial charge < -0.3 is 14.2 Å². The van der Waals surface area contributed by atoms with Crippen LogP contribution >= 0.6 is 11.6 Å². The summed E-state index contributed by atoms with van der Waals surface area (Å²) in [4.78, 5) is 28.6. The highest BCUT2D eigenvalue weighted by atomic mass is 35.5. The van der Waals surface area contributed by atoms with Gasteiger partial charge >= 0.3 is 5.97 Å². The molecule has 2 aliphatic carbocycles. The number of carboxylic acid groups (broad SMARTS) is 1. The van der Waals surface area contributed by atoms with Crippen LogP contribution in [0.3, 0.4) is 0 Å². The molecule has 0 atom stereocenters. The number of carboxylic acids is 1. The first kappa shape index (κ1) is 20.1. The Bertz CT molecular complexity index is 1230. The fourth-order valence-electron chi connectivity index (χ4n) is 4.11. The minimum atomic E-state index is -1.06. The number of hydrogen-bond donors (Lipinski definition) is 1. The number of nitrogens with zero attached hydrogens (tertiary/aromatic N) is 4. The summed E-state index contributed by atoms with van der Waals surface area (Å²) in [5, 5.41) is 14.1. The van der Waals surface area contributed by atoms with E-state index in [0.717, 1.165) is 30.7 Å². The molecular formula is C22H23ClN4O4. The standard InChI is InChI=1S/C22H23ClN4O4/c23-16-7-20-24-14(9-26(20)11-19(16)31-12-13-5-6-13)10-27-18-4-2-1-3-15(18)22(30)17(25-27)8-21(28)29/h7,9,11,13H,1-6,8,10,12H2,(H,28,29). The number of fused-ring (bicyclic) bond motifs is 2. The second-order valence-electron chi connectivity index (χ2n) is 8.37. The lowest BCUT2D eigenvalue weighted by atomic mass is 9.95. The van der Waals surface area contributed by atoms with Crippen molar-refractivity contribution in [3.8, 4) is 5.75 Å². The van der Waals surface area contributed by atoms with E-state index in [9.17, 15) is 14.7 Å². The van der Waals surface area contributed by atoms with E-state index in [0.29, 0.717) is 47.5 Å². The maximum Gasteiger partial charge on any atom is 0.309 e. The lowest BCUT2D eigenvalue weighted by molar-refractivity contribution is -0.136. The number of halogens is 1. The van der Waals surface area contributed by atoms with Crippen molar-refractivity contribution in [3.05, 3.63) is 56.4 Å². The Morgan fingerprint density at radius 1 is 1.26 bits per heavy atom. The van der Waals surface area contributed by atoms with Gasteiger partial charge in [-0.05, 0) is 44.4 Å². The zero-order valence-electron chi connectivity index (χ0n) is 17.0. The highest BCUT2D eigenvalue weighted by Crippen LogP contribution is 2.32. The van der Waals surface area contributed by atoms with Gasteiger partial charge in [0.2, 0.25) is 5.43 Å². The molecule has 0 spiro atoms. The fraction of sp³-hybridized carbons (Fsp3) is 0.455. The largest absolute Gasteiger partial charge is 0.490 e. The molecule has 3 aromatic heterocycles. The first-order valence-electron chi connectivity index (χ1n) is 10.6. The number of aliphatic carboxylic acids is 1. The monoisotopic (exact) mass is 442 g/mol. The van der Waals surface area contributed by atoms with Gasteiger partial charge in [0.1, 0.15) is 11.3 Å². The summed E-state index contributed by atoms with van der Waals surface area (Å²) in [5.41, 5.74) is 2.87. The molecule has 1 saturated carbocycles. The van der Waals surface area contributed by atoms with Gasteiger partial charge in [-0.2, -0.15) is 5.10 Å². The Kier molecular flexibility index (Phi) is 5.17. The molecule has 0 amide bonds. The van der Waals surface area contributed by atoms with Crippen molar-refractivity contribution < 1.29 is 14.6 Å². The maximum absolute atomic E-state index is 12.7. The van der Waals surface area contributed by atoms with E-state index < -0.39 is 5.97 Å². The van der Waals surface area contributed by atoms with Crippen LogP contribution in [0.4, 0.5) is 0 Å². The van der Waals surface area contributed by atoms with Crippen molar-refractivity contribution in [2.45, 2.75) is 51.5 Å². The second-order valence-corrected chi connectivity index (χ2v) is 8.78. The molecule has 31 heavy (non-hydrogen) atoms. The van der Waals surface area contributed by atoms with Gasteiger partial charge in [-0.1, -0.05) is 11.6 Å². The molecule has 0 radical (unpaired) electrons. The van der Waals surface area contributed by atoms with E-state index in [1.807, 2.05) is 16.8 Å². The smallest absolute Gasteiger partial charge is 0.309 e. The number of rotatable bonds is 7. The average molecular weight is 443 g/mol. The molecule has 1 N–H and O–H groups in total. The quantitative estimate of drug-likeness (QED) is 0.604. The SMILES string of the molecule is O=C(O)Cc1nn(Cc2cn3cc(OCC4CC4)c(Cl)cc3n2)c2c(c1=O)CCCC2. The molecule has 3 heterocycles. The third kappa shape index (κ3) is 4.17. The highest BCUT2D eigenvalue weighted by Gasteiger charge is 2.23. The Morgan fingerprint density at radius 3 is 2.84 bits per heavy atom. The summed E-state index contributed by atoms with van der Waals surface area (Å²) >= 11 is 6.37. The first-order valence-corrected chi connectivity index (χ1v) is 11.0. The van der Waals surface area contributed by atoms with Gasteiger partial charge in [-0.3, -0.25) is 14.3 Å². The van der Waals surface area contributed by atoms with Crippen LogP contribution in [0, 0.1) is 5.92 Å². The molecule has 2 aliphatic rings. The Labute approximate surface area is 183 Å². The fourth-order valence-corrected chi connectivity index (χ4v) is 4.31.